The predicted octanol–water partition coefficient (Wildman–Crippen LogP) is 2.24. The van der Waals surface area contributed by atoms with Crippen molar-refractivity contribution in [2.45, 2.75) is 38.5 Å². The SMILES string of the molecule is NC(=S)C1CCCCCC1. The zero-order chi connectivity index (χ0) is 7.40. The van der Waals surface area contributed by atoms with Crippen LogP contribution in [0.4, 0.5) is 0 Å². The van der Waals surface area contributed by atoms with E-state index in [1.165, 1.54) is 38.5 Å². The summed E-state index contributed by atoms with van der Waals surface area (Å²) < 4.78 is 0. The highest BCUT2D eigenvalue weighted by atomic mass is 32.1. The molecule has 1 aliphatic rings. The maximum absolute atomic E-state index is 5.57. The normalized spacial score (nSPS) is 22.0. The minimum Gasteiger partial charge on any atom is -0.393 e. The molecule has 0 aliphatic heterocycles. The molecule has 0 heterocycles. The Balaban J connectivity index is 2.35. The zero-order valence-electron chi connectivity index (χ0n) is 6.31. The van der Waals surface area contributed by atoms with Gasteiger partial charge in [0.1, 0.15) is 0 Å². The second kappa shape index (κ2) is 3.91. The molecule has 0 saturated heterocycles. The largest absolute Gasteiger partial charge is 0.393 e. The van der Waals surface area contributed by atoms with Gasteiger partial charge in [-0.05, 0) is 12.8 Å². The van der Waals surface area contributed by atoms with Crippen molar-refractivity contribution in [1.82, 2.24) is 0 Å². The lowest BCUT2D eigenvalue weighted by atomic mass is 10.0. The minimum absolute atomic E-state index is 0.553. The van der Waals surface area contributed by atoms with E-state index in [0.29, 0.717) is 5.92 Å². The summed E-state index contributed by atoms with van der Waals surface area (Å²) in [5, 5.41) is 0. The topological polar surface area (TPSA) is 26.0 Å². The highest BCUT2D eigenvalue weighted by Gasteiger charge is 2.13. The van der Waals surface area contributed by atoms with Crippen LogP contribution >= 0.6 is 12.2 Å². The van der Waals surface area contributed by atoms with Gasteiger partial charge in [0.05, 0.1) is 4.99 Å². The van der Waals surface area contributed by atoms with Crippen LogP contribution < -0.4 is 5.73 Å². The van der Waals surface area contributed by atoms with E-state index in [1.807, 2.05) is 0 Å². The second-order valence-corrected chi connectivity index (χ2v) is 3.56. The van der Waals surface area contributed by atoms with Gasteiger partial charge in [-0.15, -0.1) is 0 Å². The summed E-state index contributed by atoms with van der Waals surface area (Å²) in [6, 6.07) is 0. The molecule has 0 aromatic rings. The Kier molecular flexibility index (Phi) is 3.13. The first-order valence-electron chi connectivity index (χ1n) is 4.10. The van der Waals surface area contributed by atoms with Gasteiger partial charge in [-0.3, -0.25) is 0 Å². The van der Waals surface area contributed by atoms with Gasteiger partial charge in [-0.25, -0.2) is 0 Å². The van der Waals surface area contributed by atoms with Crippen LogP contribution in [0.15, 0.2) is 0 Å². The van der Waals surface area contributed by atoms with Gasteiger partial charge in [0, 0.05) is 5.92 Å². The summed E-state index contributed by atoms with van der Waals surface area (Å²) in [6.45, 7) is 0. The third-order valence-corrected chi connectivity index (χ3v) is 2.59. The van der Waals surface area contributed by atoms with Gasteiger partial charge < -0.3 is 5.73 Å². The monoisotopic (exact) mass is 157 g/mol. The first-order chi connectivity index (χ1) is 4.80. The average molecular weight is 157 g/mol. The van der Waals surface area contributed by atoms with Crippen molar-refractivity contribution in [2.24, 2.45) is 11.7 Å². The van der Waals surface area contributed by atoms with Crippen molar-refractivity contribution in [2.75, 3.05) is 0 Å². The molecule has 1 rings (SSSR count). The third-order valence-electron chi connectivity index (χ3n) is 2.26. The zero-order valence-corrected chi connectivity index (χ0v) is 7.12. The van der Waals surface area contributed by atoms with Crippen molar-refractivity contribution in [3.63, 3.8) is 0 Å². The van der Waals surface area contributed by atoms with Gasteiger partial charge >= 0.3 is 0 Å². The summed E-state index contributed by atoms with van der Waals surface area (Å²) in [4.78, 5) is 0.738. The average Bonchev–Trinajstić information content (AvgIpc) is 2.12. The molecule has 0 aromatic heterocycles. The maximum Gasteiger partial charge on any atom is 0.0758 e. The quantitative estimate of drug-likeness (QED) is 0.466. The van der Waals surface area contributed by atoms with E-state index in [9.17, 15) is 0 Å². The molecule has 1 fully saturated rings. The molecule has 58 valence electrons. The maximum atomic E-state index is 5.57. The van der Waals surface area contributed by atoms with Crippen LogP contribution in [0, 0.1) is 5.92 Å². The molecule has 2 N–H and O–H groups in total. The first-order valence-corrected chi connectivity index (χ1v) is 4.51. The van der Waals surface area contributed by atoms with Crippen LogP contribution in [-0.2, 0) is 0 Å². The number of thiocarbonyl (C=S) groups is 1. The molecule has 0 unspecified atom stereocenters. The van der Waals surface area contributed by atoms with Gasteiger partial charge in [-0.2, -0.15) is 0 Å². The van der Waals surface area contributed by atoms with E-state index >= 15 is 0 Å². The fourth-order valence-electron chi connectivity index (χ4n) is 1.56. The Hall–Kier alpha value is -0.110. The van der Waals surface area contributed by atoms with Gasteiger partial charge in [0.15, 0.2) is 0 Å². The van der Waals surface area contributed by atoms with Crippen LogP contribution in [0.3, 0.4) is 0 Å². The second-order valence-electron chi connectivity index (χ2n) is 3.09. The highest BCUT2D eigenvalue weighted by Crippen LogP contribution is 2.22. The standard InChI is InChI=1S/C8H15NS/c9-8(10)7-5-3-1-2-4-6-7/h7H,1-6H2,(H2,9,10). The molecule has 0 radical (unpaired) electrons. The van der Waals surface area contributed by atoms with Crippen molar-refractivity contribution in [3.8, 4) is 0 Å². The lowest BCUT2D eigenvalue weighted by Gasteiger charge is -2.10. The smallest absolute Gasteiger partial charge is 0.0758 e. The number of hydrogen-bond donors (Lipinski definition) is 1. The molecular weight excluding hydrogens is 142 g/mol. The lowest BCUT2D eigenvalue weighted by Crippen LogP contribution is -2.20. The number of rotatable bonds is 1. The van der Waals surface area contributed by atoms with Crippen LogP contribution in [0.25, 0.3) is 0 Å². The van der Waals surface area contributed by atoms with E-state index in [0.717, 1.165) is 4.99 Å². The third kappa shape index (κ3) is 2.25. The molecular formula is C8H15NS. The molecule has 1 saturated carbocycles. The summed E-state index contributed by atoms with van der Waals surface area (Å²) >= 11 is 4.95. The van der Waals surface area contributed by atoms with Crippen LogP contribution in [0.5, 0.6) is 0 Å². The summed E-state index contributed by atoms with van der Waals surface area (Å²) in [7, 11) is 0. The van der Waals surface area contributed by atoms with E-state index in [4.69, 9.17) is 18.0 Å². The summed E-state index contributed by atoms with van der Waals surface area (Å²) in [6.07, 6.45) is 7.85. The Morgan fingerprint density at radius 3 is 2.00 bits per heavy atom. The van der Waals surface area contributed by atoms with Crippen molar-refractivity contribution < 1.29 is 0 Å². The van der Waals surface area contributed by atoms with E-state index in [-0.39, 0.29) is 0 Å². The molecule has 0 aromatic carbocycles. The molecule has 2 heteroatoms. The molecule has 0 bridgehead atoms. The number of nitrogens with two attached hydrogens (primary N) is 1. The predicted molar refractivity (Wildman–Crippen MR) is 48.0 cm³/mol. The van der Waals surface area contributed by atoms with E-state index in [1.54, 1.807) is 0 Å². The number of hydrogen-bond acceptors (Lipinski definition) is 1. The Bertz CT molecular complexity index is 114. The Morgan fingerprint density at radius 1 is 1.10 bits per heavy atom. The molecule has 1 nitrogen and oxygen atoms in total. The fourth-order valence-corrected chi connectivity index (χ4v) is 1.80. The minimum atomic E-state index is 0.553. The van der Waals surface area contributed by atoms with Crippen molar-refractivity contribution >= 4 is 17.2 Å². The van der Waals surface area contributed by atoms with Gasteiger partial charge in [0.2, 0.25) is 0 Å². The van der Waals surface area contributed by atoms with Crippen molar-refractivity contribution in [3.05, 3.63) is 0 Å². The molecule has 0 spiro atoms. The van der Waals surface area contributed by atoms with Gasteiger partial charge in [0.25, 0.3) is 0 Å². The Morgan fingerprint density at radius 2 is 1.60 bits per heavy atom. The molecule has 10 heavy (non-hydrogen) atoms. The lowest BCUT2D eigenvalue weighted by molar-refractivity contribution is 0.594. The van der Waals surface area contributed by atoms with E-state index < -0.39 is 0 Å². The Labute approximate surface area is 68.0 Å². The van der Waals surface area contributed by atoms with Gasteiger partial charge in [-0.1, -0.05) is 37.9 Å². The van der Waals surface area contributed by atoms with Crippen LogP contribution in [-0.4, -0.2) is 4.99 Å². The molecule has 0 atom stereocenters. The fraction of sp³-hybridized carbons (Fsp3) is 0.875. The summed E-state index contributed by atoms with van der Waals surface area (Å²) in [5.41, 5.74) is 5.57. The summed E-state index contributed by atoms with van der Waals surface area (Å²) in [5.74, 6) is 0.553. The highest BCUT2D eigenvalue weighted by molar-refractivity contribution is 7.80. The first kappa shape index (κ1) is 7.99. The van der Waals surface area contributed by atoms with Crippen LogP contribution in [0.2, 0.25) is 0 Å². The van der Waals surface area contributed by atoms with Crippen LogP contribution in [0.1, 0.15) is 38.5 Å². The van der Waals surface area contributed by atoms with Crippen molar-refractivity contribution in [1.29, 1.82) is 0 Å². The molecule has 0 amide bonds. The van der Waals surface area contributed by atoms with E-state index in [2.05, 4.69) is 0 Å². The molecule has 1 aliphatic carbocycles.